The van der Waals surface area contributed by atoms with Gasteiger partial charge in [-0.25, -0.2) is 4.79 Å². The zero-order valence-electron chi connectivity index (χ0n) is 9.73. The fourth-order valence-corrected chi connectivity index (χ4v) is 2.33. The molecule has 2 rings (SSSR count). The second kappa shape index (κ2) is 5.27. The van der Waals surface area contributed by atoms with E-state index in [1.54, 1.807) is 0 Å². The van der Waals surface area contributed by atoms with Gasteiger partial charge in [-0.1, -0.05) is 36.5 Å². The zero-order chi connectivity index (χ0) is 12.3. The molecule has 1 aromatic carbocycles. The Kier molecular flexibility index (Phi) is 3.74. The SMILES string of the molecule is CCOC(=O)C1CCc2ccccc2C(=S)N1. The standard InChI is InChI=1S/C13H15NO2S/c1-2-16-13(15)11-8-7-9-5-3-4-6-10(9)12(17)14-11/h3-6,11H,2,7-8H2,1H3,(H,14,17). The fraction of sp³-hybridized carbons (Fsp3) is 0.385. The molecule has 0 aromatic heterocycles. The number of benzene rings is 1. The lowest BCUT2D eigenvalue weighted by atomic mass is 10.0. The summed E-state index contributed by atoms with van der Waals surface area (Å²) in [4.78, 5) is 12.3. The van der Waals surface area contributed by atoms with Gasteiger partial charge in [0.25, 0.3) is 0 Å². The Morgan fingerprint density at radius 3 is 3.06 bits per heavy atom. The number of nitrogens with one attached hydrogen (secondary N) is 1. The first-order valence-electron chi connectivity index (χ1n) is 5.77. The first-order chi connectivity index (χ1) is 8.22. The largest absolute Gasteiger partial charge is 0.464 e. The van der Waals surface area contributed by atoms with Gasteiger partial charge in [-0.3, -0.25) is 0 Å². The van der Waals surface area contributed by atoms with E-state index >= 15 is 0 Å². The maximum absolute atomic E-state index is 11.7. The second-order valence-electron chi connectivity index (χ2n) is 3.97. The van der Waals surface area contributed by atoms with Crippen molar-refractivity contribution in [3.63, 3.8) is 0 Å². The monoisotopic (exact) mass is 249 g/mol. The Labute approximate surface area is 106 Å². The summed E-state index contributed by atoms with van der Waals surface area (Å²) in [7, 11) is 0. The number of hydrogen-bond acceptors (Lipinski definition) is 3. The molecule has 3 nitrogen and oxygen atoms in total. The highest BCUT2D eigenvalue weighted by molar-refractivity contribution is 7.80. The summed E-state index contributed by atoms with van der Waals surface area (Å²) in [6, 6.07) is 7.66. The second-order valence-corrected chi connectivity index (χ2v) is 4.38. The first kappa shape index (κ1) is 12.0. The number of ether oxygens (including phenoxy) is 1. The van der Waals surface area contributed by atoms with Crippen LogP contribution in [0.3, 0.4) is 0 Å². The van der Waals surface area contributed by atoms with Crippen LogP contribution in [0, 0.1) is 0 Å². The third-order valence-corrected chi connectivity index (χ3v) is 3.18. The van der Waals surface area contributed by atoms with Crippen molar-refractivity contribution >= 4 is 23.2 Å². The third kappa shape index (κ3) is 2.64. The van der Waals surface area contributed by atoms with E-state index < -0.39 is 0 Å². The van der Waals surface area contributed by atoms with E-state index in [2.05, 4.69) is 11.4 Å². The van der Waals surface area contributed by atoms with Gasteiger partial charge in [0.15, 0.2) is 0 Å². The fourth-order valence-electron chi connectivity index (χ4n) is 1.99. The maximum Gasteiger partial charge on any atom is 0.328 e. The first-order valence-corrected chi connectivity index (χ1v) is 6.18. The molecule has 4 heteroatoms. The Morgan fingerprint density at radius 1 is 1.53 bits per heavy atom. The van der Waals surface area contributed by atoms with E-state index in [1.807, 2.05) is 25.1 Å². The third-order valence-electron chi connectivity index (χ3n) is 2.84. The van der Waals surface area contributed by atoms with Crippen LogP contribution >= 0.6 is 12.2 Å². The molecule has 90 valence electrons. The summed E-state index contributed by atoms with van der Waals surface area (Å²) in [5.41, 5.74) is 2.21. The van der Waals surface area contributed by atoms with Crippen LogP contribution in [-0.2, 0) is 16.0 Å². The quantitative estimate of drug-likeness (QED) is 0.641. The average molecular weight is 249 g/mol. The lowest BCUT2D eigenvalue weighted by Crippen LogP contribution is -2.40. The summed E-state index contributed by atoms with van der Waals surface area (Å²) in [6.07, 6.45) is 1.56. The van der Waals surface area contributed by atoms with Crippen LogP contribution in [0.15, 0.2) is 24.3 Å². The van der Waals surface area contributed by atoms with Crippen molar-refractivity contribution in [1.82, 2.24) is 5.32 Å². The normalized spacial score (nSPS) is 18.9. The molecule has 0 saturated carbocycles. The van der Waals surface area contributed by atoms with Crippen molar-refractivity contribution in [3.05, 3.63) is 35.4 Å². The van der Waals surface area contributed by atoms with Gasteiger partial charge < -0.3 is 10.1 Å². The van der Waals surface area contributed by atoms with Gasteiger partial charge in [-0.05, 0) is 25.3 Å². The smallest absolute Gasteiger partial charge is 0.328 e. The number of esters is 1. The van der Waals surface area contributed by atoms with Gasteiger partial charge in [0, 0.05) is 5.56 Å². The molecule has 1 aliphatic heterocycles. The number of fused-ring (bicyclic) bond motifs is 1. The molecule has 17 heavy (non-hydrogen) atoms. The highest BCUT2D eigenvalue weighted by Crippen LogP contribution is 2.17. The molecule has 0 radical (unpaired) electrons. The number of aryl methyl sites for hydroxylation is 1. The summed E-state index contributed by atoms with van der Waals surface area (Å²) in [5, 5.41) is 3.08. The minimum absolute atomic E-state index is 0.220. The van der Waals surface area contributed by atoms with Gasteiger partial charge >= 0.3 is 5.97 Å². The van der Waals surface area contributed by atoms with Crippen molar-refractivity contribution in [3.8, 4) is 0 Å². The Balaban J connectivity index is 2.18. The van der Waals surface area contributed by atoms with Gasteiger partial charge in [-0.15, -0.1) is 0 Å². The molecule has 1 atom stereocenters. The molecule has 0 amide bonds. The van der Waals surface area contributed by atoms with E-state index in [0.717, 1.165) is 18.4 Å². The molecule has 0 fully saturated rings. The highest BCUT2D eigenvalue weighted by Gasteiger charge is 2.24. The van der Waals surface area contributed by atoms with Crippen molar-refractivity contribution in [2.45, 2.75) is 25.8 Å². The Bertz CT molecular complexity index is 445. The van der Waals surface area contributed by atoms with Crippen LogP contribution in [0.2, 0.25) is 0 Å². The molecule has 0 bridgehead atoms. The summed E-state index contributed by atoms with van der Waals surface area (Å²) < 4.78 is 5.02. The van der Waals surface area contributed by atoms with E-state index in [4.69, 9.17) is 17.0 Å². The van der Waals surface area contributed by atoms with Crippen molar-refractivity contribution < 1.29 is 9.53 Å². The van der Waals surface area contributed by atoms with Crippen LogP contribution < -0.4 is 5.32 Å². The summed E-state index contributed by atoms with van der Waals surface area (Å²) >= 11 is 5.31. The molecule has 1 aromatic rings. The van der Waals surface area contributed by atoms with Crippen LogP contribution in [0.1, 0.15) is 24.5 Å². The molecule has 0 aliphatic carbocycles. The van der Waals surface area contributed by atoms with E-state index in [0.29, 0.717) is 11.6 Å². The zero-order valence-corrected chi connectivity index (χ0v) is 10.5. The van der Waals surface area contributed by atoms with Crippen molar-refractivity contribution in [2.75, 3.05) is 6.61 Å². The summed E-state index contributed by atoms with van der Waals surface area (Å²) in [5.74, 6) is -0.220. The molecule has 0 saturated heterocycles. The lowest BCUT2D eigenvalue weighted by molar-refractivity contribution is -0.145. The number of hydrogen-bond donors (Lipinski definition) is 1. The van der Waals surface area contributed by atoms with Gasteiger partial charge in [0.1, 0.15) is 11.0 Å². The van der Waals surface area contributed by atoms with Crippen LogP contribution in [-0.4, -0.2) is 23.6 Å². The van der Waals surface area contributed by atoms with E-state index in [9.17, 15) is 4.79 Å². The average Bonchev–Trinajstić information content (AvgIpc) is 2.50. The van der Waals surface area contributed by atoms with Crippen LogP contribution in [0.4, 0.5) is 0 Å². The number of rotatable bonds is 2. The molecular formula is C13H15NO2S. The van der Waals surface area contributed by atoms with E-state index in [1.165, 1.54) is 5.56 Å². The Morgan fingerprint density at radius 2 is 2.29 bits per heavy atom. The minimum Gasteiger partial charge on any atom is -0.464 e. The molecule has 1 N–H and O–H groups in total. The molecular weight excluding hydrogens is 234 g/mol. The summed E-state index contributed by atoms with van der Waals surface area (Å²) in [6.45, 7) is 2.21. The molecule has 1 unspecified atom stereocenters. The Hall–Kier alpha value is -1.42. The number of carbonyl (C=O) groups is 1. The highest BCUT2D eigenvalue weighted by atomic mass is 32.1. The van der Waals surface area contributed by atoms with E-state index in [-0.39, 0.29) is 12.0 Å². The molecule has 0 spiro atoms. The minimum atomic E-state index is -0.324. The van der Waals surface area contributed by atoms with Crippen molar-refractivity contribution in [2.24, 2.45) is 0 Å². The van der Waals surface area contributed by atoms with Gasteiger partial charge in [0.2, 0.25) is 0 Å². The van der Waals surface area contributed by atoms with Gasteiger partial charge in [-0.2, -0.15) is 0 Å². The van der Waals surface area contributed by atoms with Gasteiger partial charge in [0.05, 0.1) is 6.61 Å². The van der Waals surface area contributed by atoms with Crippen LogP contribution in [0.25, 0.3) is 0 Å². The predicted molar refractivity (Wildman–Crippen MR) is 70.0 cm³/mol. The molecule has 1 aliphatic rings. The predicted octanol–water partition coefficient (Wildman–Crippen LogP) is 1.83. The lowest BCUT2D eigenvalue weighted by Gasteiger charge is -2.15. The maximum atomic E-state index is 11.7. The number of thiocarbonyl (C=S) groups is 1. The number of carbonyl (C=O) groups excluding carboxylic acids is 1. The molecule has 1 heterocycles. The van der Waals surface area contributed by atoms with Crippen LogP contribution in [0.5, 0.6) is 0 Å². The van der Waals surface area contributed by atoms with Crippen molar-refractivity contribution in [1.29, 1.82) is 0 Å². The topological polar surface area (TPSA) is 38.3 Å².